The molecular formula is C18H34ClNO. The van der Waals surface area contributed by atoms with Gasteiger partial charge in [-0.05, 0) is 32.1 Å². The van der Waals surface area contributed by atoms with Crippen LogP contribution in [0, 0.1) is 0 Å². The van der Waals surface area contributed by atoms with Crippen molar-refractivity contribution in [3.05, 3.63) is 12.2 Å². The topological polar surface area (TPSA) is 29.1 Å². The van der Waals surface area contributed by atoms with Gasteiger partial charge in [-0.25, -0.2) is 0 Å². The molecule has 0 saturated carbocycles. The molecule has 1 N–H and O–H groups in total. The van der Waals surface area contributed by atoms with Crippen LogP contribution in [0.1, 0.15) is 96.8 Å². The predicted octanol–water partition coefficient (Wildman–Crippen LogP) is 6.29. The summed E-state index contributed by atoms with van der Waals surface area (Å²) in [5.74, 6) is -0.0608. The number of nitrogens with one attached hydrogen (secondary N) is 1. The van der Waals surface area contributed by atoms with Gasteiger partial charge in [0.25, 0.3) is 0 Å². The molecule has 0 aliphatic heterocycles. The second-order valence-electron chi connectivity index (χ2n) is 5.85. The van der Waals surface area contributed by atoms with Gasteiger partial charge in [0.2, 0.25) is 5.91 Å². The van der Waals surface area contributed by atoms with Crippen LogP contribution in [0.25, 0.3) is 0 Å². The quantitative estimate of drug-likeness (QED) is 0.214. The maximum absolute atomic E-state index is 10.9. The molecule has 1 amide bonds. The summed E-state index contributed by atoms with van der Waals surface area (Å²) < 4.78 is 0. The van der Waals surface area contributed by atoms with Gasteiger partial charge < -0.3 is 0 Å². The normalized spacial score (nSPS) is 11.1. The van der Waals surface area contributed by atoms with E-state index in [0.29, 0.717) is 6.42 Å². The summed E-state index contributed by atoms with van der Waals surface area (Å²) in [7, 11) is 0. The zero-order valence-corrected chi connectivity index (χ0v) is 14.6. The third-order valence-corrected chi connectivity index (χ3v) is 3.98. The number of carbonyl (C=O) groups excluding carboxylic acids is 1. The monoisotopic (exact) mass is 315 g/mol. The highest BCUT2D eigenvalue weighted by Crippen LogP contribution is 2.09. The number of amides is 1. The van der Waals surface area contributed by atoms with Crippen LogP contribution >= 0.6 is 11.8 Å². The van der Waals surface area contributed by atoms with E-state index in [0.717, 1.165) is 12.8 Å². The van der Waals surface area contributed by atoms with Crippen LogP contribution in [0.2, 0.25) is 0 Å². The molecular weight excluding hydrogens is 282 g/mol. The minimum atomic E-state index is -0.0608. The van der Waals surface area contributed by atoms with Gasteiger partial charge in [-0.15, -0.1) is 0 Å². The van der Waals surface area contributed by atoms with E-state index in [4.69, 9.17) is 11.8 Å². The van der Waals surface area contributed by atoms with Crippen molar-refractivity contribution in [1.82, 2.24) is 4.84 Å². The number of hydrogen-bond donors (Lipinski definition) is 1. The van der Waals surface area contributed by atoms with Crippen molar-refractivity contribution in [2.24, 2.45) is 0 Å². The van der Waals surface area contributed by atoms with Crippen LogP contribution in [-0.2, 0) is 4.79 Å². The summed E-state index contributed by atoms with van der Waals surface area (Å²) in [4.78, 5) is 13.0. The Morgan fingerprint density at radius 1 is 0.810 bits per heavy atom. The Bertz CT molecular complexity index is 254. The molecule has 3 heteroatoms. The van der Waals surface area contributed by atoms with Crippen LogP contribution in [0.3, 0.4) is 0 Å². The predicted molar refractivity (Wildman–Crippen MR) is 93.4 cm³/mol. The first-order valence-electron chi connectivity index (χ1n) is 8.85. The summed E-state index contributed by atoms with van der Waals surface area (Å²) in [5.41, 5.74) is 0. The fraction of sp³-hybridized carbons (Fsp3) is 0.833. The standard InChI is InChI=1S/C18H34ClNO/c1-2-3-4-5-6-7-8-9-10-11-12-13-14-15-16-17-18(21)20-19/h9-10H,2-8,11-17H2,1H3,(H,20,21). The largest absolute Gasteiger partial charge is 0.274 e. The SMILES string of the molecule is CCCCCCCCC=CCCCCCCCC(=O)NCl. The Hall–Kier alpha value is -0.500. The van der Waals surface area contributed by atoms with E-state index >= 15 is 0 Å². The molecule has 0 atom stereocenters. The van der Waals surface area contributed by atoms with Crippen LogP contribution in [0.4, 0.5) is 0 Å². The summed E-state index contributed by atoms with van der Waals surface area (Å²) >= 11 is 5.21. The van der Waals surface area contributed by atoms with Crippen molar-refractivity contribution in [2.45, 2.75) is 96.8 Å². The van der Waals surface area contributed by atoms with E-state index < -0.39 is 0 Å². The first-order chi connectivity index (χ1) is 10.3. The summed E-state index contributed by atoms with van der Waals surface area (Å²) in [6, 6.07) is 0. The average Bonchev–Trinajstić information content (AvgIpc) is 2.50. The molecule has 21 heavy (non-hydrogen) atoms. The highest BCUT2D eigenvalue weighted by atomic mass is 35.5. The molecule has 2 nitrogen and oxygen atoms in total. The Kier molecular flexibility index (Phi) is 17.1. The molecule has 0 rings (SSSR count). The molecule has 124 valence electrons. The molecule has 0 fully saturated rings. The van der Waals surface area contributed by atoms with Gasteiger partial charge in [0.1, 0.15) is 0 Å². The Morgan fingerprint density at radius 2 is 1.29 bits per heavy atom. The highest BCUT2D eigenvalue weighted by Gasteiger charge is 1.97. The van der Waals surface area contributed by atoms with Crippen LogP contribution in [0.15, 0.2) is 12.2 Å². The molecule has 0 spiro atoms. The van der Waals surface area contributed by atoms with Gasteiger partial charge >= 0.3 is 0 Å². The third kappa shape index (κ3) is 17.4. The number of halogens is 1. The lowest BCUT2D eigenvalue weighted by atomic mass is 10.1. The van der Waals surface area contributed by atoms with Crippen molar-refractivity contribution in [3.8, 4) is 0 Å². The minimum Gasteiger partial charge on any atom is -0.274 e. The Morgan fingerprint density at radius 3 is 1.81 bits per heavy atom. The molecule has 0 aromatic heterocycles. The van der Waals surface area contributed by atoms with Crippen molar-refractivity contribution in [1.29, 1.82) is 0 Å². The number of rotatable bonds is 15. The zero-order chi connectivity index (χ0) is 15.6. The van der Waals surface area contributed by atoms with E-state index in [1.54, 1.807) is 0 Å². The summed E-state index contributed by atoms with van der Waals surface area (Å²) in [5, 5.41) is 0. The van der Waals surface area contributed by atoms with Crippen LogP contribution in [0.5, 0.6) is 0 Å². The van der Waals surface area contributed by atoms with Crippen molar-refractivity contribution in [3.63, 3.8) is 0 Å². The molecule has 0 heterocycles. The molecule has 0 saturated heterocycles. The first-order valence-corrected chi connectivity index (χ1v) is 9.23. The molecule has 0 bridgehead atoms. The number of carbonyl (C=O) groups is 1. The molecule has 0 radical (unpaired) electrons. The summed E-state index contributed by atoms with van der Waals surface area (Å²) in [6.07, 6.45) is 21.8. The molecule has 0 aliphatic carbocycles. The summed E-state index contributed by atoms with van der Waals surface area (Å²) in [6.45, 7) is 2.26. The van der Waals surface area contributed by atoms with Gasteiger partial charge in [-0.3, -0.25) is 9.63 Å². The van der Waals surface area contributed by atoms with Gasteiger partial charge in [0.15, 0.2) is 0 Å². The van der Waals surface area contributed by atoms with Gasteiger partial charge in [0, 0.05) is 18.2 Å². The van der Waals surface area contributed by atoms with E-state index in [1.165, 1.54) is 70.6 Å². The van der Waals surface area contributed by atoms with Crippen LogP contribution < -0.4 is 4.84 Å². The fourth-order valence-electron chi connectivity index (χ4n) is 2.40. The smallest absolute Gasteiger partial charge is 0.234 e. The van der Waals surface area contributed by atoms with E-state index in [9.17, 15) is 4.79 Å². The Balaban J connectivity index is 3.10. The number of unbranched alkanes of at least 4 members (excludes halogenated alkanes) is 11. The van der Waals surface area contributed by atoms with Crippen LogP contribution in [-0.4, -0.2) is 5.91 Å². The van der Waals surface area contributed by atoms with E-state index in [-0.39, 0.29) is 5.91 Å². The lowest BCUT2D eigenvalue weighted by molar-refractivity contribution is -0.119. The van der Waals surface area contributed by atoms with Crippen molar-refractivity contribution >= 4 is 17.7 Å². The maximum atomic E-state index is 10.9. The third-order valence-electron chi connectivity index (χ3n) is 3.77. The van der Waals surface area contributed by atoms with E-state index in [1.807, 2.05) is 0 Å². The second-order valence-corrected chi connectivity index (χ2v) is 6.04. The molecule has 0 unspecified atom stereocenters. The van der Waals surface area contributed by atoms with Gasteiger partial charge in [-0.1, -0.05) is 70.4 Å². The zero-order valence-electron chi connectivity index (χ0n) is 13.8. The lowest BCUT2D eigenvalue weighted by Crippen LogP contribution is -2.11. The maximum Gasteiger partial charge on any atom is 0.234 e. The van der Waals surface area contributed by atoms with E-state index in [2.05, 4.69) is 23.9 Å². The average molecular weight is 316 g/mol. The number of allylic oxidation sites excluding steroid dienone is 2. The highest BCUT2D eigenvalue weighted by molar-refractivity contribution is 6.21. The number of hydrogen-bond acceptors (Lipinski definition) is 1. The van der Waals surface area contributed by atoms with Crippen molar-refractivity contribution in [2.75, 3.05) is 0 Å². The molecule has 0 aliphatic rings. The first kappa shape index (κ1) is 20.5. The fourth-order valence-corrected chi connectivity index (χ4v) is 2.50. The minimum absolute atomic E-state index is 0.0608. The second kappa shape index (κ2) is 17.6. The van der Waals surface area contributed by atoms with Gasteiger partial charge in [0.05, 0.1) is 0 Å². The van der Waals surface area contributed by atoms with Crippen molar-refractivity contribution < 1.29 is 4.79 Å². The molecule has 0 aromatic carbocycles. The molecule has 0 aromatic rings. The lowest BCUT2D eigenvalue weighted by Gasteiger charge is -2.00. The Labute approximate surface area is 136 Å². The van der Waals surface area contributed by atoms with Gasteiger partial charge in [-0.2, -0.15) is 0 Å².